The quantitative estimate of drug-likeness (QED) is 0.889. The first kappa shape index (κ1) is 13.7. The maximum atomic E-state index is 4.75. The van der Waals surface area contributed by atoms with E-state index in [9.17, 15) is 0 Å². The first-order valence-corrected chi connectivity index (χ1v) is 7.80. The van der Waals surface area contributed by atoms with Crippen LogP contribution in [0.2, 0.25) is 0 Å². The molecule has 0 radical (unpaired) electrons. The van der Waals surface area contributed by atoms with Crippen molar-refractivity contribution in [2.45, 2.75) is 26.8 Å². The molecule has 0 atom stereocenters. The van der Waals surface area contributed by atoms with Gasteiger partial charge in [0.25, 0.3) is 0 Å². The van der Waals surface area contributed by atoms with Crippen molar-refractivity contribution < 1.29 is 0 Å². The summed E-state index contributed by atoms with van der Waals surface area (Å²) in [5, 5.41) is 4.49. The number of rotatable bonds is 5. The zero-order chi connectivity index (χ0) is 13.0. The van der Waals surface area contributed by atoms with Crippen molar-refractivity contribution in [3.63, 3.8) is 0 Å². The van der Waals surface area contributed by atoms with Crippen LogP contribution in [0.3, 0.4) is 0 Å². The normalized spacial score (nSPS) is 10.8. The van der Waals surface area contributed by atoms with Gasteiger partial charge in [-0.1, -0.05) is 41.9 Å². The minimum Gasteiger partial charge on any atom is -0.312 e. The van der Waals surface area contributed by atoms with Gasteiger partial charge in [0, 0.05) is 21.5 Å². The molecule has 0 saturated carbocycles. The highest BCUT2D eigenvalue weighted by Gasteiger charge is 2.10. The van der Waals surface area contributed by atoms with Crippen molar-refractivity contribution in [3.8, 4) is 10.6 Å². The molecular weight excluding hydrogens is 308 g/mol. The van der Waals surface area contributed by atoms with Crippen LogP contribution in [0.1, 0.15) is 24.4 Å². The van der Waals surface area contributed by atoms with E-state index in [1.54, 1.807) is 11.3 Å². The fourth-order valence-corrected chi connectivity index (χ4v) is 3.30. The van der Waals surface area contributed by atoms with E-state index in [0.717, 1.165) is 29.0 Å². The van der Waals surface area contributed by atoms with E-state index < -0.39 is 0 Å². The summed E-state index contributed by atoms with van der Waals surface area (Å²) in [7, 11) is 0. The molecule has 1 N–H and O–H groups in total. The van der Waals surface area contributed by atoms with Gasteiger partial charge in [0.2, 0.25) is 0 Å². The van der Waals surface area contributed by atoms with E-state index in [-0.39, 0.29) is 0 Å². The van der Waals surface area contributed by atoms with Gasteiger partial charge >= 0.3 is 0 Å². The Labute approximate surface area is 121 Å². The van der Waals surface area contributed by atoms with Crippen LogP contribution in [0.15, 0.2) is 28.7 Å². The van der Waals surface area contributed by atoms with E-state index in [1.807, 2.05) is 6.07 Å². The van der Waals surface area contributed by atoms with Crippen LogP contribution < -0.4 is 5.32 Å². The van der Waals surface area contributed by atoms with Crippen LogP contribution in [-0.2, 0) is 13.0 Å². The molecule has 0 unspecified atom stereocenters. The van der Waals surface area contributed by atoms with Crippen LogP contribution in [0.4, 0.5) is 0 Å². The summed E-state index contributed by atoms with van der Waals surface area (Å²) >= 11 is 5.30. The van der Waals surface area contributed by atoms with Crippen molar-refractivity contribution in [2.24, 2.45) is 0 Å². The summed E-state index contributed by atoms with van der Waals surface area (Å²) < 4.78 is 1.10. The predicted molar refractivity (Wildman–Crippen MR) is 82.0 cm³/mol. The standard InChI is InChI=1S/C14H17BrN2S/c1-3-12-13(9-16-4-2)18-14(17-12)10-6-5-7-11(15)8-10/h5-8,16H,3-4,9H2,1-2H3. The molecule has 96 valence electrons. The maximum Gasteiger partial charge on any atom is 0.123 e. The lowest BCUT2D eigenvalue weighted by atomic mass is 10.2. The number of benzene rings is 1. The van der Waals surface area contributed by atoms with Gasteiger partial charge in [0.1, 0.15) is 5.01 Å². The number of nitrogens with one attached hydrogen (secondary N) is 1. The van der Waals surface area contributed by atoms with E-state index in [4.69, 9.17) is 4.98 Å². The van der Waals surface area contributed by atoms with Gasteiger partial charge in [-0.15, -0.1) is 11.3 Å². The highest BCUT2D eigenvalue weighted by atomic mass is 79.9. The third-order valence-corrected chi connectivity index (χ3v) is 4.36. The summed E-state index contributed by atoms with van der Waals surface area (Å²) in [5.74, 6) is 0. The van der Waals surface area contributed by atoms with Gasteiger partial charge < -0.3 is 5.32 Å². The molecule has 1 aromatic heterocycles. The molecule has 18 heavy (non-hydrogen) atoms. The van der Waals surface area contributed by atoms with E-state index in [1.165, 1.54) is 16.1 Å². The van der Waals surface area contributed by atoms with Gasteiger partial charge in [-0.3, -0.25) is 0 Å². The Balaban J connectivity index is 2.31. The molecule has 1 aromatic carbocycles. The molecule has 0 fully saturated rings. The van der Waals surface area contributed by atoms with Crippen molar-refractivity contribution in [1.82, 2.24) is 10.3 Å². The zero-order valence-electron chi connectivity index (χ0n) is 10.7. The van der Waals surface area contributed by atoms with Crippen LogP contribution in [0.5, 0.6) is 0 Å². The van der Waals surface area contributed by atoms with Crippen LogP contribution in [0.25, 0.3) is 10.6 Å². The number of aromatic nitrogens is 1. The third-order valence-electron chi connectivity index (χ3n) is 2.72. The van der Waals surface area contributed by atoms with Crippen molar-refractivity contribution >= 4 is 27.3 Å². The van der Waals surface area contributed by atoms with Gasteiger partial charge in [-0.2, -0.15) is 0 Å². The lowest BCUT2D eigenvalue weighted by Gasteiger charge is -1.99. The summed E-state index contributed by atoms with van der Waals surface area (Å²) in [6.45, 7) is 6.20. The Morgan fingerprint density at radius 1 is 1.33 bits per heavy atom. The number of halogens is 1. The minimum absolute atomic E-state index is 0.922. The zero-order valence-corrected chi connectivity index (χ0v) is 13.1. The van der Waals surface area contributed by atoms with E-state index in [0.29, 0.717) is 0 Å². The Kier molecular flexibility index (Phi) is 4.92. The van der Waals surface area contributed by atoms with E-state index in [2.05, 4.69) is 53.3 Å². The van der Waals surface area contributed by atoms with Crippen molar-refractivity contribution in [1.29, 1.82) is 0 Å². The van der Waals surface area contributed by atoms with Crippen molar-refractivity contribution in [2.75, 3.05) is 6.54 Å². The van der Waals surface area contributed by atoms with Gasteiger partial charge in [0.05, 0.1) is 5.69 Å². The Morgan fingerprint density at radius 3 is 2.83 bits per heavy atom. The fraction of sp³-hybridized carbons (Fsp3) is 0.357. The maximum absolute atomic E-state index is 4.75. The number of hydrogen-bond acceptors (Lipinski definition) is 3. The third kappa shape index (κ3) is 3.19. The molecule has 2 nitrogen and oxygen atoms in total. The average molecular weight is 325 g/mol. The molecule has 0 saturated heterocycles. The largest absolute Gasteiger partial charge is 0.312 e. The number of aryl methyl sites for hydroxylation is 1. The lowest BCUT2D eigenvalue weighted by Crippen LogP contribution is -2.11. The topological polar surface area (TPSA) is 24.9 Å². The molecule has 0 amide bonds. The molecule has 0 aliphatic heterocycles. The molecule has 4 heteroatoms. The van der Waals surface area contributed by atoms with Crippen LogP contribution in [0, 0.1) is 0 Å². The summed E-state index contributed by atoms with van der Waals surface area (Å²) in [6.07, 6.45) is 0.991. The van der Waals surface area contributed by atoms with Gasteiger partial charge in [-0.25, -0.2) is 4.98 Å². The second kappa shape index (κ2) is 6.45. The van der Waals surface area contributed by atoms with E-state index >= 15 is 0 Å². The Hall–Kier alpha value is -0.710. The molecule has 1 heterocycles. The SMILES string of the molecule is CCNCc1sc(-c2cccc(Br)c2)nc1CC. The van der Waals surface area contributed by atoms with Gasteiger partial charge in [0.15, 0.2) is 0 Å². The Morgan fingerprint density at radius 2 is 2.17 bits per heavy atom. The highest BCUT2D eigenvalue weighted by Crippen LogP contribution is 2.30. The van der Waals surface area contributed by atoms with Gasteiger partial charge in [-0.05, 0) is 25.1 Å². The molecule has 0 aliphatic carbocycles. The fourth-order valence-electron chi connectivity index (χ4n) is 1.78. The monoisotopic (exact) mass is 324 g/mol. The predicted octanol–water partition coefficient (Wildman–Crippen LogP) is 4.24. The smallest absolute Gasteiger partial charge is 0.123 e. The molecule has 0 bridgehead atoms. The molecular formula is C14H17BrN2S. The first-order valence-electron chi connectivity index (χ1n) is 6.19. The Bertz CT molecular complexity index is 522. The summed E-state index contributed by atoms with van der Waals surface area (Å²) in [4.78, 5) is 6.11. The average Bonchev–Trinajstić information content (AvgIpc) is 2.79. The highest BCUT2D eigenvalue weighted by molar-refractivity contribution is 9.10. The van der Waals surface area contributed by atoms with Crippen LogP contribution in [-0.4, -0.2) is 11.5 Å². The summed E-state index contributed by atoms with van der Waals surface area (Å²) in [5.41, 5.74) is 2.41. The van der Waals surface area contributed by atoms with Crippen LogP contribution >= 0.6 is 27.3 Å². The molecule has 2 aromatic rings. The molecule has 2 rings (SSSR count). The summed E-state index contributed by atoms with van der Waals surface area (Å²) in [6, 6.07) is 8.32. The number of thiazole rings is 1. The second-order valence-corrected chi connectivity index (χ2v) is 6.03. The molecule has 0 spiro atoms. The number of nitrogens with zero attached hydrogens (tertiary/aromatic N) is 1. The second-order valence-electron chi connectivity index (χ2n) is 4.03. The minimum atomic E-state index is 0.922. The lowest BCUT2D eigenvalue weighted by molar-refractivity contribution is 0.727. The first-order chi connectivity index (χ1) is 8.74. The van der Waals surface area contributed by atoms with Crippen molar-refractivity contribution in [3.05, 3.63) is 39.3 Å². The molecule has 0 aliphatic rings. The number of hydrogen-bond donors (Lipinski definition) is 1.